The van der Waals surface area contributed by atoms with Crippen molar-refractivity contribution in [2.45, 2.75) is 27.7 Å². The number of hydrogen-bond donors (Lipinski definition) is 0. The first-order chi connectivity index (χ1) is 6.59. The van der Waals surface area contributed by atoms with Crippen molar-refractivity contribution in [3.63, 3.8) is 0 Å². The molecule has 2 heteroatoms. The van der Waals surface area contributed by atoms with Gasteiger partial charge in [0.1, 0.15) is 0 Å². The molecule has 0 aliphatic heterocycles. The van der Waals surface area contributed by atoms with Crippen LogP contribution >= 0.6 is 15.7 Å². The molecule has 0 spiro atoms. The number of aryl methyl sites for hydroxylation is 3. The molecule has 0 bridgehead atoms. The highest BCUT2D eigenvalue weighted by Gasteiger charge is 2.00. The van der Waals surface area contributed by atoms with Gasteiger partial charge >= 0.3 is 0 Å². The van der Waals surface area contributed by atoms with Crippen LogP contribution in [-0.4, -0.2) is 0 Å². The predicted octanol–water partition coefficient (Wildman–Crippen LogP) is 5.20. The molecule has 0 radical (unpaired) electrons. The summed E-state index contributed by atoms with van der Waals surface area (Å²) in [6.45, 7) is 8.91. The lowest BCUT2D eigenvalue weighted by Gasteiger charge is -2.07. The summed E-state index contributed by atoms with van der Waals surface area (Å²) >= 11 is 0. The van der Waals surface area contributed by atoms with Gasteiger partial charge in [-0.2, -0.15) is 5.04 Å². The summed E-state index contributed by atoms with van der Waals surface area (Å²) < 4.78 is 0. The van der Waals surface area contributed by atoms with Gasteiger partial charge in [-0.25, -0.2) is 5.80 Å². The maximum atomic E-state index is 2.45. The van der Waals surface area contributed by atoms with E-state index >= 15 is 0 Å². The Kier molecular flexibility index (Phi) is 2.60. The third-order valence-corrected chi connectivity index (χ3v) is 7.13. The van der Waals surface area contributed by atoms with Gasteiger partial charge in [0.25, 0.3) is 0 Å². The molecule has 0 amide bonds. The van der Waals surface area contributed by atoms with E-state index in [1.54, 1.807) is 5.04 Å². The molecular weight excluding hydrogens is 206 g/mol. The van der Waals surface area contributed by atoms with E-state index in [2.05, 4.69) is 45.1 Å². The molecule has 0 aliphatic carbocycles. The normalized spacial score (nSPS) is 11.4. The summed E-state index contributed by atoms with van der Waals surface area (Å²) in [7, 11) is 1.32. The average Bonchev–Trinajstić information content (AvgIpc) is 2.61. The first-order valence-corrected chi connectivity index (χ1v) is 7.28. The Morgan fingerprint density at radius 3 is 1.93 bits per heavy atom. The second-order valence-corrected chi connectivity index (χ2v) is 7.02. The van der Waals surface area contributed by atoms with E-state index < -0.39 is 0 Å². The van der Waals surface area contributed by atoms with Crippen molar-refractivity contribution in [3.05, 3.63) is 39.6 Å². The van der Waals surface area contributed by atoms with Crippen LogP contribution in [0.2, 0.25) is 0 Å². The van der Waals surface area contributed by atoms with Crippen molar-refractivity contribution in [2.24, 2.45) is 0 Å². The van der Waals surface area contributed by atoms with Gasteiger partial charge in [-0.15, -0.1) is 7.53 Å². The maximum Gasteiger partial charge on any atom is -0.0373 e. The molecular formula is C12H15P2-. The molecule has 0 unspecified atom stereocenters. The van der Waals surface area contributed by atoms with Crippen molar-refractivity contribution in [3.8, 4) is 5.04 Å². The molecule has 2 rings (SSSR count). The SMILES string of the molecule is Cc1cp(-c2[p-]cc(C)c2C)cc1C. The van der Waals surface area contributed by atoms with E-state index in [1.165, 1.54) is 30.4 Å². The van der Waals surface area contributed by atoms with Crippen LogP contribution in [-0.2, 0) is 0 Å². The molecule has 0 saturated heterocycles. The Bertz CT molecular complexity index is 441. The summed E-state index contributed by atoms with van der Waals surface area (Å²) in [5.41, 5.74) is 5.92. The van der Waals surface area contributed by atoms with Gasteiger partial charge in [0.05, 0.1) is 0 Å². The van der Waals surface area contributed by atoms with Gasteiger partial charge in [0.2, 0.25) is 0 Å². The maximum absolute atomic E-state index is 2.45. The Morgan fingerprint density at radius 1 is 0.929 bits per heavy atom. The van der Waals surface area contributed by atoms with Crippen LogP contribution in [0.25, 0.3) is 5.04 Å². The summed E-state index contributed by atoms with van der Waals surface area (Å²) in [4.78, 5) is 0. The molecule has 0 fully saturated rings. The highest BCUT2D eigenvalue weighted by molar-refractivity contribution is 7.66. The molecule has 0 saturated carbocycles. The monoisotopic (exact) mass is 221 g/mol. The van der Waals surface area contributed by atoms with Gasteiger partial charge in [-0.1, -0.05) is 11.1 Å². The summed E-state index contributed by atoms with van der Waals surface area (Å²) in [6.07, 6.45) is 0. The zero-order valence-electron chi connectivity index (χ0n) is 9.13. The van der Waals surface area contributed by atoms with Crippen LogP contribution in [0.4, 0.5) is 0 Å². The lowest BCUT2D eigenvalue weighted by Crippen LogP contribution is -1.68. The zero-order valence-corrected chi connectivity index (χ0v) is 10.9. The third-order valence-electron chi connectivity index (χ3n) is 2.84. The molecule has 2 aromatic rings. The largest absolute Gasteiger partial charge is 0.518 e. The van der Waals surface area contributed by atoms with E-state index in [9.17, 15) is 0 Å². The lowest BCUT2D eigenvalue weighted by molar-refractivity contribution is 1.41. The Morgan fingerprint density at radius 2 is 1.50 bits per heavy atom. The third kappa shape index (κ3) is 1.58. The minimum Gasteiger partial charge on any atom is -0.518 e. The second kappa shape index (κ2) is 3.61. The van der Waals surface area contributed by atoms with Crippen molar-refractivity contribution in [1.82, 2.24) is 0 Å². The Balaban J connectivity index is 2.54. The fourth-order valence-electron chi connectivity index (χ4n) is 1.57. The molecule has 74 valence electrons. The van der Waals surface area contributed by atoms with E-state index in [0.29, 0.717) is 0 Å². The van der Waals surface area contributed by atoms with Crippen LogP contribution in [0.15, 0.2) is 17.4 Å². The Labute approximate surface area is 88.5 Å². The molecule has 0 atom stereocenters. The first-order valence-electron chi connectivity index (χ1n) is 4.84. The average molecular weight is 221 g/mol. The highest BCUT2D eigenvalue weighted by atomic mass is 31.1. The van der Waals surface area contributed by atoms with Crippen molar-refractivity contribution < 1.29 is 0 Å². The van der Waals surface area contributed by atoms with Gasteiger partial charge in [-0.05, 0) is 50.4 Å². The standard InChI is InChI=1S/C12H15P2/c1-8-5-13-12(11(8)4)14-6-9(2)10(3)7-14/h5-7H,1-4H3/q-1. The minimum absolute atomic E-state index is 0.0998. The van der Waals surface area contributed by atoms with Crippen LogP contribution in [0, 0.1) is 27.7 Å². The van der Waals surface area contributed by atoms with Crippen molar-refractivity contribution in [1.29, 1.82) is 0 Å². The molecule has 2 heterocycles. The van der Waals surface area contributed by atoms with Crippen LogP contribution in [0.5, 0.6) is 0 Å². The molecule has 0 N–H and O–H groups in total. The first kappa shape index (κ1) is 10.1. The molecule has 2 aromatic heterocycles. The van der Waals surface area contributed by atoms with E-state index in [1.807, 2.05) is 0 Å². The molecule has 14 heavy (non-hydrogen) atoms. The predicted molar refractivity (Wildman–Crippen MR) is 67.5 cm³/mol. The van der Waals surface area contributed by atoms with Crippen LogP contribution in [0.3, 0.4) is 0 Å². The van der Waals surface area contributed by atoms with E-state index in [4.69, 9.17) is 0 Å². The second-order valence-electron chi connectivity index (χ2n) is 3.92. The van der Waals surface area contributed by atoms with Crippen molar-refractivity contribution >= 4 is 15.7 Å². The topological polar surface area (TPSA) is 0 Å². The van der Waals surface area contributed by atoms with Gasteiger partial charge < -0.3 is 8.19 Å². The summed E-state index contributed by atoms with van der Waals surface area (Å²) in [6, 6.07) is 0. The van der Waals surface area contributed by atoms with E-state index in [-0.39, 0.29) is 7.53 Å². The number of hydrogen-bond acceptors (Lipinski definition) is 0. The lowest BCUT2D eigenvalue weighted by atomic mass is 10.2. The van der Waals surface area contributed by atoms with Gasteiger partial charge in [0, 0.05) is 0 Å². The van der Waals surface area contributed by atoms with Crippen molar-refractivity contribution in [2.75, 3.05) is 0 Å². The summed E-state index contributed by atoms with van der Waals surface area (Å²) in [5.74, 6) is 7.23. The molecule has 0 aromatic carbocycles. The highest BCUT2D eigenvalue weighted by Crippen LogP contribution is 2.50. The smallest absolute Gasteiger partial charge is 0.0373 e. The minimum atomic E-state index is -0.0998. The molecule has 0 aliphatic rings. The molecule has 0 nitrogen and oxygen atoms in total. The van der Waals surface area contributed by atoms with Gasteiger partial charge in [0.15, 0.2) is 0 Å². The fourth-order valence-corrected chi connectivity index (χ4v) is 5.63. The van der Waals surface area contributed by atoms with Crippen LogP contribution in [0.1, 0.15) is 22.3 Å². The van der Waals surface area contributed by atoms with Gasteiger partial charge in [-0.3, -0.25) is 0 Å². The fraction of sp³-hybridized carbons (Fsp3) is 0.333. The van der Waals surface area contributed by atoms with Crippen LogP contribution < -0.4 is 0 Å². The number of rotatable bonds is 1. The zero-order chi connectivity index (χ0) is 10.3. The summed E-state index contributed by atoms with van der Waals surface area (Å²) in [5, 5.41) is 1.63. The Hall–Kier alpha value is -0.440. The van der Waals surface area contributed by atoms with E-state index in [0.717, 1.165) is 0 Å². The quantitative estimate of drug-likeness (QED) is 0.621.